The van der Waals surface area contributed by atoms with Gasteiger partial charge in [-0.2, -0.15) is 6.61 Å². The minimum atomic E-state index is 0. The molecule has 1 radical (unpaired) electrons. The molecule has 1 unspecified atom stereocenters. The van der Waals surface area contributed by atoms with E-state index in [2.05, 4.69) is 0 Å². The molecule has 0 heterocycles. The zero-order chi connectivity index (χ0) is 6.41. The van der Waals surface area contributed by atoms with Gasteiger partial charge in [0.25, 0.3) is 0 Å². The van der Waals surface area contributed by atoms with Crippen LogP contribution >= 0.6 is 0 Å². The van der Waals surface area contributed by atoms with E-state index in [0.29, 0.717) is 0 Å². The van der Waals surface area contributed by atoms with E-state index in [9.17, 15) is 0 Å². The molecular weight excluding hydrogens is 193 g/mol. The van der Waals surface area contributed by atoms with Gasteiger partial charge in [-0.1, -0.05) is 6.92 Å². The Morgan fingerprint density at radius 1 is 1.56 bits per heavy atom. The van der Waals surface area contributed by atoms with E-state index in [1.807, 2.05) is 13.8 Å². The van der Waals surface area contributed by atoms with E-state index in [1.54, 1.807) is 13.7 Å². The molecule has 0 spiro atoms. The second kappa shape index (κ2) is 9.02. The number of hydrogen-bond acceptors (Lipinski definition) is 2. The molecule has 0 aliphatic carbocycles. The normalized spacial score (nSPS) is 12.3. The molecule has 0 aromatic heterocycles. The van der Waals surface area contributed by atoms with E-state index in [4.69, 9.17) is 9.47 Å². The molecule has 53 valence electrons. The van der Waals surface area contributed by atoms with Crippen molar-refractivity contribution in [2.45, 2.75) is 20.0 Å². The average Bonchev–Trinajstić information content (AvgIpc) is 1.68. The average molecular weight is 206 g/mol. The maximum absolute atomic E-state index is 5.10. The van der Waals surface area contributed by atoms with Gasteiger partial charge in [-0.05, 0) is 20.1 Å². The largest absolute Gasteiger partial charge is 0.552 e. The molecule has 0 aromatic rings. The minimum Gasteiger partial charge on any atom is -0.552 e. The Bertz CT molecular complexity index is 44.3. The number of rotatable bonds is 4. The van der Waals surface area contributed by atoms with Crippen LogP contribution in [0.4, 0.5) is 0 Å². The molecule has 0 aliphatic rings. The molecule has 2 nitrogen and oxygen atoms in total. The Morgan fingerprint density at radius 2 is 2.11 bits per heavy atom. The first-order chi connectivity index (χ1) is 3.81. The van der Waals surface area contributed by atoms with Crippen molar-refractivity contribution < 1.29 is 42.2 Å². The third kappa shape index (κ3) is 9.02. The fourth-order valence-electron chi connectivity index (χ4n) is 0.494. The summed E-state index contributed by atoms with van der Waals surface area (Å²) >= 11 is 0. The Kier molecular flexibility index (Phi) is 12.7. The van der Waals surface area contributed by atoms with Crippen LogP contribution in [0.15, 0.2) is 0 Å². The van der Waals surface area contributed by atoms with Crippen molar-refractivity contribution in [3.05, 3.63) is 6.61 Å². The zero-order valence-corrected chi connectivity index (χ0v) is 9.09. The van der Waals surface area contributed by atoms with Gasteiger partial charge in [-0.3, -0.25) is 0 Å². The SMILES string of the molecule is CCOC(C)[CH-]OC.[Y]. The summed E-state index contributed by atoms with van der Waals surface area (Å²) < 4.78 is 9.81. The number of ether oxygens (including phenoxy) is 2. The molecule has 0 saturated heterocycles. The van der Waals surface area contributed by atoms with Crippen molar-refractivity contribution >= 4 is 0 Å². The molecule has 0 aliphatic heterocycles. The van der Waals surface area contributed by atoms with Crippen LogP contribution in [0.1, 0.15) is 13.8 Å². The standard InChI is InChI=1S/C6H13O2.Y/c1-4-8-6(2)5-7-3;/h5-6H,4H2,1-3H3;/q-1;. The van der Waals surface area contributed by atoms with Crippen LogP contribution < -0.4 is 0 Å². The monoisotopic (exact) mass is 206 g/mol. The van der Waals surface area contributed by atoms with Gasteiger partial charge in [0.15, 0.2) is 0 Å². The quantitative estimate of drug-likeness (QED) is 0.644. The smallest absolute Gasteiger partial charge is 0.0406 e. The van der Waals surface area contributed by atoms with Crippen LogP contribution in [0.3, 0.4) is 0 Å². The molecule has 0 bridgehead atoms. The van der Waals surface area contributed by atoms with Crippen LogP contribution in [-0.4, -0.2) is 19.8 Å². The third-order valence-corrected chi connectivity index (χ3v) is 0.757. The van der Waals surface area contributed by atoms with Gasteiger partial charge in [0.1, 0.15) is 0 Å². The molecule has 9 heavy (non-hydrogen) atoms. The van der Waals surface area contributed by atoms with Gasteiger partial charge >= 0.3 is 0 Å². The van der Waals surface area contributed by atoms with Crippen LogP contribution in [0.5, 0.6) is 0 Å². The van der Waals surface area contributed by atoms with Crippen molar-refractivity contribution in [2.75, 3.05) is 13.7 Å². The fourth-order valence-corrected chi connectivity index (χ4v) is 0.494. The van der Waals surface area contributed by atoms with Gasteiger partial charge in [0.05, 0.1) is 0 Å². The molecule has 0 N–H and O–H groups in total. The van der Waals surface area contributed by atoms with Crippen molar-refractivity contribution in [2.24, 2.45) is 0 Å². The van der Waals surface area contributed by atoms with E-state index >= 15 is 0 Å². The van der Waals surface area contributed by atoms with Crippen LogP contribution in [0.25, 0.3) is 0 Å². The van der Waals surface area contributed by atoms with Crippen LogP contribution in [-0.2, 0) is 42.2 Å². The van der Waals surface area contributed by atoms with Crippen LogP contribution in [0.2, 0.25) is 0 Å². The van der Waals surface area contributed by atoms with E-state index in [-0.39, 0.29) is 38.8 Å². The maximum atomic E-state index is 5.10. The first-order valence-electron chi connectivity index (χ1n) is 2.79. The summed E-state index contributed by atoms with van der Waals surface area (Å²) in [5.41, 5.74) is 0. The second-order valence-electron chi connectivity index (χ2n) is 1.53. The Hall–Kier alpha value is 1.02. The Balaban J connectivity index is 0. The zero-order valence-electron chi connectivity index (χ0n) is 6.26. The predicted molar refractivity (Wildman–Crippen MR) is 32.4 cm³/mol. The Labute approximate surface area is 82.2 Å². The summed E-state index contributed by atoms with van der Waals surface area (Å²) in [5.74, 6) is 0. The summed E-state index contributed by atoms with van der Waals surface area (Å²) in [6.45, 7) is 6.29. The second-order valence-corrected chi connectivity index (χ2v) is 1.53. The molecule has 0 saturated carbocycles. The molecular formula is C6H13O2Y-. The van der Waals surface area contributed by atoms with Gasteiger partial charge in [0, 0.05) is 39.3 Å². The number of hydrogen-bond donors (Lipinski definition) is 0. The first-order valence-corrected chi connectivity index (χ1v) is 2.79. The molecule has 0 rings (SSSR count). The summed E-state index contributed by atoms with van der Waals surface area (Å²) in [6.07, 6.45) is 0.116. The predicted octanol–water partition coefficient (Wildman–Crippen LogP) is 1.22. The third-order valence-electron chi connectivity index (χ3n) is 0.757. The molecule has 1 atom stereocenters. The first kappa shape index (κ1) is 12.7. The van der Waals surface area contributed by atoms with Crippen molar-refractivity contribution in [1.29, 1.82) is 0 Å². The Morgan fingerprint density at radius 3 is 2.44 bits per heavy atom. The van der Waals surface area contributed by atoms with Crippen LogP contribution in [0, 0.1) is 6.61 Å². The fraction of sp³-hybridized carbons (Fsp3) is 0.833. The van der Waals surface area contributed by atoms with Gasteiger partial charge in [-0.15, -0.1) is 0 Å². The molecule has 0 fully saturated rings. The summed E-state index contributed by atoms with van der Waals surface area (Å²) in [4.78, 5) is 0. The molecule has 3 heteroatoms. The summed E-state index contributed by atoms with van der Waals surface area (Å²) in [6, 6.07) is 0. The van der Waals surface area contributed by atoms with Crippen molar-refractivity contribution in [3.63, 3.8) is 0 Å². The van der Waals surface area contributed by atoms with Crippen molar-refractivity contribution in [1.82, 2.24) is 0 Å². The molecule has 0 aromatic carbocycles. The van der Waals surface area contributed by atoms with E-state index in [0.717, 1.165) is 6.61 Å². The maximum Gasteiger partial charge on any atom is 0.0406 e. The summed E-state index contributed by atoms with van der Waals surface area (Å²) in [5, 5.41) is 0. The van der Waals surface area contributed by atoms with E-state index in [1.165, 1.54) is 0 Å². The minimum absolute atomic E-state index is 0. The number of methoxy groups -OCH3 is 1. The van der Waals surface area contributed by atoms with E-state index < -0.39 is 0 Å². The topological polar surface area (TPSA) is 18.5 Å². The van der Waals surface area contributed by atoms with Gasteiger partial charge in [0.2, 0.25) is 0 Å². The summed E-state index contributed by atoms with van der Waals surface area (Å²) in [7, 11) is 1.62. The van der Waals surface area contributed by atoms with Gasteiger partial charge < -0.3 is 9.47 Å². The molecule has 0 amide bonds. The van der Waals surface area contributed by atoms with Crippen molar-refractivity contribution in [3.8, 4) is 0 Å². The van der Waals surface area contributed by atoms with Gasteiger partial charge in [-0.25, -0.2) is 0 Å².